The predicted molar refractivity (Wildman–Crippen MR) is 500 cm³/mol. The van der Waals surface area contributed by atoms with Crippen LogP contribution in [0.5, 0.6) is 0 Å². The lowest BCUT2D eigenvalue weighted by Gasteiger charge is -2.04. The van der Waals surface area contributed by atoms with Gasteiger partial charge in [-0.15, -0.1) is 0 Å². The second-order valence-corrected chi connectivity index (χ2v) is 35.1. The van der Waals surface area contributed by atoms with Gasteiger partial charge in [-0.2, -0.15) is 10.5 Å². The van der Waals surface area contributed by atoms with Gasteiger partial charge in [0.2, 0.25) is 0 Å². The molecule has 0 bridgehead atoms. The van der Waals surface area contributed by atoms with Crippen LogP contribution in [-0.2, 0) is 0 Å². The van der Waals surface area contributed by atoms with E-state index in [1.807, 2.05) is 176 Å². The molecule has 24 heteroatoms. The average Bonchev–Trinajstić information content (AvgIpc) is 1.60. The Morgan fingerprint density at radius 1 is 0.259 bits per heavy atom. The Bertz CT molecular complexity index is 7690. The third kappa shape index (κ3) is 16.7. The van der Waals surface area contributed by atoms with Crippen molar-refractivity contribution in [3.05, 3.63) is 344 Å². The molecule has 0 saturated heterocycles. The van der Waals surface area contributed by atoms with E-state index >= 15 is 0 Å². The van der Waals surface area contributed by atoms with Crippen molar-refractivity contribution < 1.29 is 35.3 Å². The number of nitrogens with zero attached hydrogens (tertiary/aromatic N) is 2. The quantitative estimate of drug-likeness (QED) is 0.157. The number of benzene rings is 15. The number of rotatable bonds is 1. The van der Waals surface area contributed by atoms with Crippen molar-refractivity contribution in [1.82, 2.24) is 0 Å². The molecule has 0 aliphatic rings. The zero-order valence-electron chi connectivity index (χ0n) is 58.7. The minimum atomic E-state index is -0.301. The first-order chi connectivity index (χ1) is 56.0. The average molecular weight is 2110 g/mol. The van der Waals surface area contributed by atoms with Crippen LogP contribution in [0.2, 0.25) is 35.2 Å². The molecule has 9 nitrogen and oxygen atoms in total. The summed E-state index contributed by atoms with van der Waals surface area (Å²) in [5.74, 6) is -0.301. The highest BCUT2D eigenvalue weighted by molar-refractivity contribution is 9.11. The summed E-state index contributed by atoms with van der Waals surface area (Å²) in [6.45, 7) is 0. The lowest BCUT2D eigenvalue weighted by atomic mass is 10.00. The molecule has 0 spiro atoms. The van der Waals surface area contributed by atoms with Crippen molar-refractivity contribution in [2.24, 2.45) is 0 Å². The van der Waals surface area contributed by atoms with E-state index < -0.39 is 0 Å². The van der Waals surface area contributed by atoms with Crippen LogP contribution in [0.25, 0.3) is 165 Å². The Balaban J connectivity index is 0.000000102. The van der Waals surface area contributed by atoms with Crippen LogP contribution in [0.4, 0.5) is 4.39 Å². The summed E-state index contributed by atoms with van der Waals surface area (Å²) in [5, 5.41) is 36.0. The summed E-state index contributed by atoms with van der Waals surface area (Å²) >= 11 is 66.0. The SMILES string of the molecule is Clc1ccc2c(c1)oc1cc(Br)ccc12.Clc1ccc2c(c1)oc1ccc(Br)cc12.Clc1ccc2oc3c(Br)ccc(-c4ccccc4)c3c2c1.Clc1cccc2oc3c(Br)cccc3c12.Fc1cc(Br)cc2oc3cc(Cl)ccc3c12.N#Cc1cc(Br)cc2oc3cc(Cl)ccc3c12.N#Cc1cc(Cl)c2c(c1)oc1c(Br)cccc12. The monoisotopic (exact) mass is 2100 g/mol. The van der Waals surface area contributed by atoms with E-state index in [1.54, 1.807) is 54.6 Å². The Morgan fingerprint density at radius 3 is 1.34 bits per heavy atom. The largest absolute Gasteiger partial charge is 0.456 e. The molecular formula is C92H43Br7Cl7FN2O7. The highest BCUT2D eigenvalue weighted by atomic mass is 79.9. The molecule has 0 amide bonds. The lowest BCUT2D eigenvalue weighted by molar-refractivity contribution is 0.632. The van der Waals surface area contributed by atoms with Crippen LogP contribution in [0, 0.1) is 28.5 Å². The zero-order chi connectivity index (χ0) is 80.9. The van der Waals surface area contributed by atoms with Crippen molar-refractivity contribution in [2.45, 2.75) is 0 Å². The first-order valence-electron chi connectivity index (χ1n) is 34.6. The number of halogens is 15. The Hall–Kier alpha value is -8.80. The van der Waals surface area contributed by atoms with Crippen molar-refractivity contribution in [3.63, 3.8) is 0 Å². The number of furan rings is 7. The Labute approximate surface area is 751 Å². The van der Waals surface area contributed by atoms with Gasteiger partial charge in [-0.05, 0) is 229 Å². The third-order valence-electron chi connectivity index (χ3n) is 18.5. The van der Waals surface area contributed by atoms with E-state index in [-0.39, 0.29) is 5.82 Å². The van der Waals surface area contributed by atoms with Gasteiger partial charge < -0.3 is 30.9 Å². The molecule has 0 unspecified atom stereocenters. The maximum atomic E-state index is 13.8. The minimum absolute atomic E-state index is 0.301. The van der Waals surface area contributed by atoms with Gasteiger partial charge in [-0.1, -0.05) is 212 Å². The van der Waals surface area contributed by atoms with Gasteiger partial charge in [0.15, 0.2) is 0 Å². The highest BCUT2D eigenvalue weighted by Crippen LogP contribution is 2.45. The topological polar surface area (TPSA) is 140 Å². The molecule has 0 saturated carbocycles. The van der Waals surface area contributed by atoms with Crippen molar-refractivity contribution in [3.8, 4) is 23.3 Å². The fraction of sp³-hybridized carbons (Fsp3) is 0. The van der Waals surface area contributed by atoms with E-state index in [9.17, 15) is 4.39 Å². The molecule has 7 aromatic heterocycles. The minimum Gasteiger partial charge on any atom is -0.456 e. The van der Waals surface area contributed by atoms with E-state index in [2.05, 4.69) is 148 Å². The molecule has 0 atom stereocenters. The normalized spacial score (nSPS) is 11.2. The fourth-order valence-corrected chi connectivity index (χ4v) is 17.8. The molecule has 0 aliphatic carbocycles. The standard InChI is InChI=1S/C18H10BrClO.2C13H5BrClNO.C12H5BrClFO.3C12H6BrClO/c19-15-8-7-13(11-4-2-1-3-5-11)17-14-10-12(20)6-9-16(14)21-18(15)17;14-8-3-7(6-16)13-10-2-1-9(15)5-11(10)17-12(13)4-8;14-9-3-1-2-8-12-10(15)4-7(6-16)5-11(12)17-13(8)9;13-6-3-9(15)12-8-2-1-7(14)5-10(8)16-11(12)4-6;13-7-1-4-11-10(5-7)9-3-2-8(14)6-12(9)15-11;13-7-1-3-9-10-4-2-8(14)6-12(10)15-11(9)5-7;13-8-4-1-3-7-11-9(14)5-2-6-10(11)15-12(7)8/h1-10H;2*1-5H;1-5H;3*1-6H. The number of hydrogen-bond donors (Lipinski definition) is 0. The maximum absolute atomic E-state index is 13.8. The molecule has 15 aromatic carbocycles. The van der Waals surface area contributed by atoms with Crippen molar-refractivity contribution in [1.29, 1.82) is 10.5 Å². The van der Waals surface area contributed by atoms with Crippen LogP contribution in [0.1, 0.15) is 11.1 Å². The first kappa shape index (κ1) is 81.0. The zero-order valence-corrected chi connectivity index (χ0v) is 75.1. The highest BCUT2D eigenvalue weighted by Gasteiger charge is 2.20. The first-order valence-corrected chi connectivity index (χ1v) is 42.8. The van der Waals surface area contributed by atoms with Crippen LogP contribution in [-0.4, -0.2) is 0 Å². The van der Waals surface area contributed by atoms with E-state index in [4.69, 9.17) is 123 Å². The predicted octanol–water partition coefficient (Wildman–Crippen LogP) is 36.6. The van der Waals surface area contributed by atoms with E-state index in [1.165, 1.54) is 6.07 Å². The summed E-state index contributed by atoms with van der Waals surface area (Å²) in [4.78, 5) is 0. The summed E-state index contributed by atoms with van der Waals surface area (Å²) in [6, 6.07) is 85.9. The second-order valence-electron chi connectivity index (χ2n) is 25.9. The molecule has 0 radical (unpaired) electrons. The molecule has 0 fully saturated rings. The number of hydrogen-bond acceptors (Lipinski definition) is 9. The van der Waals surface area contributed by atoms with E-state index in [0.717, 1.165) is 163 Å². The summed E-state index contributed by atoms with van der Waals surface area (Å²) in [5.41, 5.74) is 14.1. The summed E-state index contributed by atoms with van der Waals surface area (Å²) < 4.78 is 60.2. The summed E-state index contributed by atoms with van der Waals surface area (Å²) in [6.07, 6.45) is 0. The second kappa shape index (κ2) is 34.6. The van der Waals surface area contributed by atoms with Gasteiger partial charge in [-0.3, -0.25) is 0 Å². The van der Waals surface area contributed by atoms with Gasteiger partial charge in [0.05, 0.1) is 52.1 Å². The fourth-order valence-electron chi connectivity index (χ4n) is 13.5. The van der Waals surface area contributed by atoms with Crippen molar-refractivity contribution >= 4 is 346 Å². The van der Waals surface area contributed by atoms with Gasteiger partial charge in [0, 0.05) is 137 Å². The van der Waals surface area contributed by atoms with Crippen LogP contribution < -0.4 is 0 Å². The van der Waals surface area contributed by atoms with Gasteiger partial charge in [-0.25, -0.2) is 4.39 Å². The van der Waals surface area contributed by atoms with Crippen LogP contribution >= 0.6 is 193 Å². The molecule has 22 rings (SSSR count). The van der Waals surface area contributed by atoms with Gasteiger partial charge in [0.25, 0.3) is 0 Å². The van der Waals surface area contributed by atoms with Crippen molar-refractivity contribution in [2.75, 3.05) is 0 Å². The Morgan fingerprint density at radius 2 is 0.707 bits per heavy atom. The van der Waals surface area contributed by atoms with Crippen LogP contribution in [0.15, 0.2) is 323 Å². The van der Waals surface area contributed by atoms with Crippen LogP contribution in [0.3, 0.4) is 0 Å². The lowest BCUT2D eigenvalue weighted by Crippen LogP contribution is -1.80. The smallest absolute Gasteiger partial charge is 0.150 e. The molecule has 7 heterocycles. The third-order valence-corrected chi connectivity index (χ3v) is 24.1. The Kier molecular flexibility index (Phi) is 24.2. The van der Waals surface area contributed by atoms with Gasteiger partial charge >= 0.3 is 0 Å². The molecule has 116 heavy (non-hydrogen) atoms. The molecule has 0 aliphatic heterocycles. The molecule has 568 valence electrons. The number of para-hydroxylation sites is 2. The molecule has 22 aromatic rings. The number of nitriles is 2. The van der Waals surface area contributed by atoms with E-state index in [0.29, 0.717) is 79.0 Å². The molecular weight excluding hydrogens is 2070 g/mol. The molecule has 0 N–H and O–H groups in total. The number of fused-ring (bicyclic) bond motifs is 21. The van der Waals surface area contributed by atoms with Gasteiger partial charge in [0.1, 0.15) is 84.0 Å². The maximum Gasteiger partial charge on any atom is 0.150 e. The summed E-state index contributed by atoms with van der Waals surface area (Å²) in [7, 11) is 0.